The summed E-state index contributed by atoms with van der Waals surface area (Å²) >= 11 is 0. The highest BCUT2D eigenvalue weighted by molar-refractivity contribution is 5.93. The van der Waals surface area contributed by atoms with Crippen LogP contribution in [-0.4, -0.2) is 27.7 Å². The van der Waals surface area contributed by atoms with Crippen molar-refractivity contribution in [1.82, 2.24) is 15.2 Å². The van der Waals surface area contributed by atoms with Crippen molar-refractivity contribution in [3.05, 3.63) is 59.6 Å². The smallest absolute Gasteiger partial charge is 0.276 e. The average Bonchev–Trinajstić information content (AvgIpc) is 3.35. The van der Waals surface area contributed by atoms with Crippen molar-refractivity contribution in [2.75, 3.05) is 6.54 Å². The van der Waals surface area contributed by atoms with Gasteiger partial charge in [0.15, 0.2) is 17.2 Å². The molecule has 6 heteroatoms. The van der Waals surface area contributed by atoms with Gasteiger partial charge in [0, 0.05) is 24.2 Å². The summed E-state index contributed by atoms with van der Waals surface area (Å²) in [4.78, 5) is 14.6. The Morgan fingerprint density at radius 2 is 2.00 bits per heavy atom. The maximum Gasteiger partial charge on any atom is 0.276 e. The molecule has 4 rings (SSSR count). The number of hydrogen-bond acceptors (Lipinski definition) is 5. The number of aryl methyl sites for hydroxylation is 1. The Balaban J connectivity index is 1.58. The molecule has 3 aromatic rings. The van der Waals surface area contributed by atoms with E-state index < -0.39 is 0 Å². The van der Waals surface area contributed by atoms with Gasteiger partial charge in [-0.3, -0.25) is 4.79 Å². The molecule has 1 saturated heterocycles. The summed E-state index contributed by atoms with van der Waals surface area (Å²) in [5, 5.41) is 7.88. The molecule has 1 aliphatic rings. The normalized spacial score (nSPS) is 17.4. The van der Waals surface area contributed by atoms with Gasteiger partial charge in [-0.15, -0.1) is 0 Å². The second kappa shape index (κ2) is 5.96. The summed E-state index contributed by atoms with van der Waals surface area (Å²) in [6.45, 7) is 2.55. The lowest BCUT2D eigenvalue weighted by Gasteiger charge is -2.21. The Kier molecular flexibility index (Phi) is 3.65. The van der Waals surface area contributed by atoms with E-state index in [4.69, 9.17) is 9.05 Å². The molecule has 1 aromatic carbocycles. The van der Waals surface area contributed by atoms with Crippen LogP contribution in [0.2, 0.25) is 0 Å². The molecule has 0 spiro atoms. The predicted octanol–water partition coefficient (Wildman–Crippen LogP) is 3.62. The summed E-state index contributed by atoms with van der Waals surface area (Å²) in [5.74, 6) is 1.17. The molecule has 6 nitrogen and oxygen atoms in total. The quantitative estimate of drug-likeness (QED) is 0.736. The van der Waals surface area contributed by atoms with Crippen LogP contribution < -0.4 is 0 Å². The van der Waals surface area contributed by atoms with Gasteiger partial charge in [0.1, 0.15) is 0 Å². The fourth-order valence-electron chi connectivity index (χ4n) is 3.11. The zero-order valence-corrected chi connectivity index (χ0v) is 13.3. The monoisotopic (exact) mass is 323 g/mol. The van der Waals surface area contributed by atoms with Gasteiger partial charge in [-0.05, 0) is 19.8 Å². The second-order valence-electron chi connectivity index (χ2n) is 5.97. The number of likely N-dealkylation sites (tertiary alicyclic amines) is 1. The number of amides is 1. The summed E-state index contributed by atoms with van der Waals surface area (Å²) < 4.78 is 10.7. The van der Waals surface area contributed by atoms with Gasteiger partial charge in [-0.1, -0.05) is 40.6 Å². The van der Waals surface area contributed by atoms with E-state index in [1.165, 1.54) is 0 Å². The Bertz CT molecular complexity index is 853. The first-order valence-electron chi connectivity index (χ1n) is 7.99. The van der Waals surface area contributed by atoms with Gasteiger partial charge in [-0.25, -0.2) is 0 Å². The fraction of sp³-hybridized carbons (Fsp3) is 0.278. The van der Waals surface area contributed by atoms with Crippen molar-refractivity contribution in [2.24, 2.45) is 0 Å². The second-order valence-corrected chi connectivity index (χ2v) is 5.97. The minimum absolute atomic E-state index is 0.0874. The topological polar surface area (TPSA) is 72.4 Å². The van der Waals surface area contributed by atoms with E-state index in [2.05, 4.69) is 10.3 Å². The summed E-state index contributed by atoms with van der Waals surface area (Å²) in [6.07, 6.45) is 1.79. The molecule has 1 amide bonds. The maximum atomic E-state index is 12.8. The van der Waals surface area contributed by atoms with E-state index in [0.29, 0.717) is 18.0 Å². The Hall–Kier alpha value is -2.89. The molecule has 1 atom stereocenters. The summed E-state index contributed by atoms with van der Waals surface area (Å²) in [5.41, 5.74) is 2.03. The standard InChI is InChI=1S/C18H17N3O3/c1-12-10-17(24-19-12)15-8-5-9-21(15)18(22)14-11-16(23-20-14)13-6-3-2-4-7-13/h2-4,6-7,10-11,15H,5,8-9H2,1H3. The molecule has 2 aromatic heterocycles. The van der Waals surface area contributed by atoms with Gasteiger partial charge in [0.2, 0.25) is 0 Å². The SMILES string of the molecule is Cc1cc(C2CCCN2C(=O)c2cc(-c3ccccc3)on2)on1. The van der Waals surface area contributed by atoms with Crippen LogP contribution in [0.3, 0.4) is 0 Å². The van der Waals surface area contributed by atoms with Crippen molar-refractivity contribution < 1.29 is 13.8 Å². The molecular weight excluding hydrogens is 306 g/mol. The van der Waals surface area contributed by atoms with E-state index in [1.54, 1.807) is 11.0 Å². The Morgan fingerprint density at radius 1 is 1.17 bits per heavy atom. The molecule has 0 saturated carbocycles. The van der Waals surface area contributed by atoms with Crippen LogP contribution in [0.4, 0.5) is 0 Å². The molecule has 122 valence electrons. The highest BCUT2D eigenvalue weighted by Gasteiger charge is 2.34. The lowest BCUT2D eigenvalue weighted by atomic mass is 10.1. The van der Waals surface area contributed by atoms with E-state index in [-0.39, 0.29) is 11.9 Å². The van der Waals surface area contributed by atoms with Crippen LogP contribution in [0.15, 0.2) is 51.5 Å². The van der Waals surface area contributed by atoms with Crippen molar-refractivity contribution in [3.63, 3.8) is 0 Å². The van der Waals surface area contributed by atoms with Crippen LogP contribution in [0.1, 0.15) is 40.8 Å². The van der Waals surface area contributed by atoms with Gasteiger partial charge in [0.05, 0.1) is 11.7 Å². The van der Waals surface area contributed by atoms with Crippen molar-refractivity contribution in [3.8, 4) is 11.3 Å². The van der Waals surface area contributed by atoms with E-state index in [0.717, 1.165) is 29.9 Å². The molecule has 1 fully saturated rings. The molecule has 0 bridgehead atoms. The van der Waals surface area contributed by atoms with Gasteiger partial charge < -0.3 is 13.9 Å². The molecule has 0 N–H and O–H groups in total. The number of carbonyl (C=O) groups is 1. The number of rotatable bonds is 3. The van der Waals surface area contributed by atoms with E-state index in [1.807, 2.05) is 43.3 Å². The van der Waals surface area contributed by atoms with E-state index >= 15 is 0 Å². The number of nitrogens with zero attached hydrogens (tertiary/aromatic N) is 3. The Morgan fingerprint density at radius 3 is 2.75 bits per heavy atom. The number of aromatic nitrogens is 2. The first kappa shape index (κ1) is 14.7. The van der Waals surface area contributed by atoms with Crippen molar-refractivity contribution in [1.29, 1.82) is 0 Å². The molecule has 3 heterocycles. The molecule has 1 unspecified atom stereocenters. The minimum Gasteiger partial charge on any atom is -0.359 e. The molecule has 0 aliphatic carbocycles. The highest BCUT2D eigenvalue weighted by atomic mass is 16.5. The van der Waals surface area contributed by atoms with Crippen molar-refractivity contribution >= 4 is 5.91 Å². The maximum absolute atomic E-state index is 12.8. The predicted molar refractivity (Wildman–Crippen MR) is 86.2 cm³/mol. The fourth-order valence-corrected chi connectivity index (χ4v) is 3.11. The van der Waals surface area contributed by atoms with Crippen molar-refractivity contribution in [2.45, 2.75) is 25.8 Å². The zero-order chi connectivity index (χ0) is 16.5. The zero-order valence-electron chi connectivity index (χ0n) is 13.3. The third-order valence-electron chi connectivity index (χ3n) is 4.28. The highest BCUT2D eigenvalue weighted by Crippen LogP contribution is 2.33. The molecule has 1 aliphatic heterocycles. The third-order valence-corrected chi connectivity index (χ3v) is 4.28. The van der Waals surface area contributed by atoms with Crippen LogP contribution in [0, 0.1) is 6.92 Å². The van der Waals surface area contributed by atoms with Crippen LogP contribution >= 0.6 is 0 Å². The first-order valence-corrected chi connectivity index (χ1v) is 7.99. The number of hydrogen-bond donors (Lipinski definition) is 0. The summed E-state index contributed by atoms with van der Waals surface area (Å²) in [6, 6.07) is 13.1. The average molecular weight is 323 g/mol. The summed E-state index contributed by atoms with van der Waals surface area (Å²) in [7, 11) is 0. The third kappa shape index (κ3) is 2.60. The molecule has 24 heavy (non-hydrogen) atoms. The largest absolute Gasteiger partial charge is 0.359 e. The van der Waals surface area contributed by atoms with Crippen LogP contribution in [0.25, 0.3) is 11.3 Å². The lowest BCUT2D eigenvalue weighted by molar-refractivity contribution is 0.0704. The van der Waals surface area contributed by atoms with Crippen LogP contribution in [-0.2, 0) is 0 Å². The molecule has 0 radical (unpaired) electrons. The first-order chi connectivity index (χ1) is 11.7. The van der Waals surface area contributed by atoms with Gasteiger partial charge in [0.25, 0.3) is 5.91 Å². The van der Waals surface area contributed by atoms with Crippen LogP contribution in [0.5, 0.6) is 0 Å². The van der Waals surface area contributed by atoms with E-state index in [9.17, 15) is 4.79 Å². The number of carbonyl (C=O) groups excluding carboxylic acids is 1. The van der Waals surface area contributed by atoms with Gasteiger partial charge >= 0.3 is 0 Å². The number of benzene rings is 1. The molecular formula is C18H17N3O3. The lowest BCUT2D eigenvalue weighted by Crippen LogP contribution is -2.30. The Labute approximate surface area is 139 Å². The minimum atomic E-state index is -0.141. The van der Waals surface area contributed by atoms with Gasteiger partial charge in [-0.2, -0.15) is 0 Å².